The Labute approximate surface area is 223 Å². The molecule has 5 rings (SSSR count). The molecule has 3 heterocycles. The number of nitrogens with zero attached hydrogens (tertiary/aromatic N) is 3. The second kappa shape index (κ2) is 13.2. The number of alkyl halides is 1. The molecule has 0 fully saturated rings. The van der Waals surface area contributed by atoms with Crippen LogP contribution in [0.25, 0.3) is 16.9 Å². The van der Waals surface area contributed by atoms with Crippen molar-refractivity contribution in [3.8, 4) is 11.3 Å². The number of rotatable bonds is 3. The monoisotopic (exact) mass is 642 g/mol. The van der Waals surface area contributed by atoms with E-state index in [4.69, 9.17) is 5.73 Å². The topological polar surface area (TPSA) is 73.3 Å². The molecule has 5 aromatic rings. The van der Waals surface area contributed by atoms with E-state index in [0.717, 1.165) is 31.4 Å². The number of fused-ring (bicyclic) bond motifs is 1. The van der Waals surface area contributed by atoms with E-state index >= 15 is 0 Å². The number of Topliss-reactive ketones (excluding diaryl/α,β-unsaturated/α-hetero) is 1. The summed E-state index contributed by atoms with van der Waals surface area (Å²) in [5.74, 6) is 0.675. The zero-order chi connectivity index (χ0) is 24.3. The van der Waals surface area contributed by atoms with Crippen molar-refractivity contribution in [2.75, 3.05) is 11.1 Å². The van der Waals surface area contributed by atoms with Crippen LogP contribution in [-0.2, 0) is 0 Å². The summed E-state index contributed by atoms with van der Waals surface area (Å²) in [6, 6.07) is 26.9. The van der Waals surface area contributed by atoms with Crippen LogP contribution in [0.1, 0.15) is 10.4 Å². The molecule has 0 saturated carbocycles. The number of carbonyl (C=O) groups excluding carboxylic acids is 1. The highest BCUT2D eigenvalue weighted by atomic mass is 79.9. The number of halogens is 3. The normalized spacial score (nSPS) is 9.97. The van der Waals surface area contributed by atoms with Gasteiger partial charge >= 0.3 is 0 Å². The molecule has 0 amide bonds. The molecule has 0 saturated heterocycles. The van der Waals surface area contributed by atoms with E-state index in [9.17, 15) is 4.79 Å². The molecule has 0 aliphatic heterocycles. The molecule has 3 aromatic heterocycles. The van der Waals surface area contributed by atoms with Crippen LogP contribution < -0.4 is 5.73 Å². The molecule has 2 aromatic carbocycles. The van der Waals surface area contributed by atoms with Crippen molar-refractivity contribution in [1.29, 1.82) is 0 Å². The van der Waals surface area contributed by atoms with Crippen molar-refractivity contribution >= 4 is 65.0 Å². The van der Waals surface area contributed by atoms with Crippen LogP contribution in [0, 0.1) is 0 Å². The molecule has 34 heavy (non-hydrogen) atoms. The summed E-state index contributed by atoms with van der Waals surface area (Å²) < 4.78 is 4.03. The second-order valence-electron chi connectivity index (χ2n) is 6.92. The van der Waals surface area contributed by atoms with Crippen molar-refractivity contribution in [3.63, 3.8) is 0 Å². The molecule has 8 heteroatoms. The predicted molar refractivity (Wildman–Crippen MR) is 149 cm³/mol. The summed E-state index contributed by atoms with van der Waals surface area (Å²) in [6.45, 7) is 0. The van der Waals surface area contributed by atoms with Crippen LogP contribution in [0.5, 0.6) is 0 Å². The zero-order valence-corrected chi connectivity index (χ0v) is 22.7. The summed E-state index contributed by atoms with van der Waals surface area (Å²) in [5, 5.41) is 0.378. The summed E-state index contributed by atoms with van der Waals surface area (Å²) in [5.41, 5.74) is 9.07. The van der Waals surface area contributed by atoms with Gasteiger partial charge in [-0.05, 0) is 48.5 Å². The minimum atomic E-state index is 0.103. The van der Waals surface area contributed by atoms with Gasteiger partial charge in [-0.25, -0.2) is 9.97 Å². The highest BCUT2D eigenvalue weighted by Gasteiger charge is 2.04. The first-order valence-electron chi connectivity index (χ1n) is 10.2. The van der Waals surface area contributed by atoms with Crippen molar-refractivity contribution < 1.29 is 4.79 Å². The molecular formula is C26H21Br3N4O. The van der Waals surface area contributed by atoms with Gasteiger partial charge in [-0.1, -0.05) is 84.2 Å². The van der Waals surface area contributed by atoms with Crippen LogP contribution >= 0.6 is 47.8 Å². The number of aromatic nitrogens is 3. The molecule has 2 N–H and O–H groups in total. The van der Waals surface area contributed by atoms with Gasteiger partial charge in [0.1, 0.15) is 11.5 Å². The third-order valence-corrected chi connectivity index (χ3v) is 5.94. The van der Waals surface area contributed by atoms with Gasteiger partial charge in [0.2, 0.25) is 0 Å². The first-order valence-corrected chi connectivity index (χ1v) is 12.9. The minimum Gasteiger partial charge on any atom is -0.384 e. The van der Waals surface area contributed by atoms with Crippen molar-refractivity contribution in [1.82, 2.24) is 14.4 Å². The molecule has 0 aliphatic carbocycles. The smallest absolute Gasteiger partial charge is 0.173 e. The number of carbonyl (C=O) groups is 1. The summed E-state index contributed by atoms with van der Waals surface area (Å²) >= 11 is 9.87. The van der Waals surface area contributed by atoms with E-state index in [-0.39, 0.29) is 5.78 Å². The third-order valence-electron chi connectivity index (χ3n) is 4.44. The van der Waals surface area contributed by atoms with Gasteiger partial charge < -0.3 is 10.1 Å². The van der Waals surface area contributed by atoms with E-state index in [2.05, 4.69) is 69.9 Å². The average Bonchev–Trinajstić information content (AvgIpc) is 3.29. The van der Waals surface area contributed by atoms with E-state index in [0.29, 0.717) is 11.1 Å². The van der Waals surface area contributed by atoms with Gasteiger partial charge in [0.15, 0.2) is 5.78 Å². The third kappa shape index (κ3) is 7.90. The standard InChI is InChI=1S/C13H9BrN2.C8H6Br2O.C5H6N2/c14-11-5-3-4-10(8-11)12-9-16-7-2-1-6-13(16)15-12;9-5-8(11)6-2-1-3-7(10)4-6;6-5-3-1-2-4-7-5/h1-9H;1-4H,5H2;1-4H,(H2,6,7). The van der Waals surface area contributed by atoms with E-state index in [1.807, 2.05) is 77.5 Å². The Bertz CT molecular complexity index is 1320. The van der Waals surface area contributed by atoms with Crippen LogP contribution in [-0.4, -0.2) is 25.5 Å². The molecule has 172 valence electrons. The number of benzene rings is 2. The zero-order valence-electron chi connectivity index (χ0n) is 18.0. The van der Waals surface area contributed by atoms with Crippen LogP contribution in [0.2, 0.25) is 0 Å². The minimum absolute atomic E-state index is 0.103. The lowest BCUT2D eigenvalue weighted by molar-refractivity contribution is 0.102. The fraction of sp³-hybridized carbons (Fsp3) is 0.0385. The SMILES string of the molecule is Brc1cccc(-c2cn3ccccc3n2)c1.Nc1ccccn1.O=C(CBr)c1cccc(Br)c1. The maximum absolute atomic E-state index is 11.1. The first kappa shape index (κ1) is 25.8. The Morgan fingerprint density at radius 1 is 0.882 bits per heavy atom. The molecule has 0 atom stereocenters. The van der Waals surface area contributed by atoms with Gasteiger partial charge in [-0.2, -0.15) is 0 Å². The average molecular weight is 645 g/mol. The number of imidazole rings is 1. The Morgan fingerprint density at radius 3 is 2.21 bits per heavy atom. The Morgan fingerprint density at radius 2 is 1.62 bits per heavy atom. The Balaban J connectivity index is 0.000000156. The number of hydrogen-bond donors (Lipinski definition) is 1. The number of nitrogen functional groups attached to an aromatic ring is 1. The molecule has 0 aliphatic rings. The first-order chi connectivity index (χ1) is 16.5. The summed E-state index contributed by atoms with van der Waals surface area (Å²) in [4.78, 5) is 19.4. The van der Waals surface area contributed by atoms with Gasteiger partial charge in [0.25, 0.3) is 0 Å². The van der Waals surface area contributed by atoms with Crippen molar-refractivity contribution in [2.45, 2.75) is 0 Å². The van der Waals surface area contributed by atoms with Crippen molar-refractivity contribution in [3.05, 3.63) is 118 Å². The van der Waals surface area contributed by atoms with E-state index < -0.39 is 0 Å². The van der Waals surface area contributed by atoms with Gasteiger partial charge in [0, 0.05) is 38.7 Å². The van der Waals surface area contributed by atoms with E-state index in [1.54, 1.807) is 18.3 Å². The molecule has 0 bridgehead atoms. The Hall–Kier alpha value is -2.81. The molecule has 5 nitrogen and oxygen atoms in total. The maximum atomic E-state index is 11.1. The quantitative estimate of drug-likeness (QED) is 0.164. The number of anilines is 1. The van der Waals surface area contributed by atoms with Gasteiger partial charge in [-0.15, -0.1) is 0 Å². The lowest BCUT2D eigenvalue weighted by Gasteiger charge is -1.95. The second-order valence-corrected chi connectivity index (χ2v) is 9.32. The lowest BCUT2D eigenvalue weighted by atomic mass is 10.2. The fourth-order valence-electron chi connectivity index (χ4n) is 2.84. The van der Waals surface area contributed by atoms with Crippen LogP contribution in [0.3, 0.4) is 0 Å². The lowest BCUT2D eigenvalue weighted by Crippen LogP contribution is -1.98. The van der Waals surface area contributed by atoms with E-state index in [1.165, 1.54) is 0 Å². The maximum Gasteiger partial charge on any atom is 0.173 e. The molecule has 0 spiro atoms. The van der Waals surface area contributed by atoms with Gasteiger partial charge in [-0.3, -0.25) is 4.79 Å². The highest BCUT2D eigenvalue weighted by Crippen LogP contribution is 2.22. The largest absolute Gasteiger partial charge is 0.384 e. The number of hydrogen-bond acceptors (Lipinski definition) is 4. The van der Waals surface area contributed by atoms with Gasteiger partial charge in [0.05, 0.1) is 11.0 Å². The molecular weight excluding hydrogens is 624 g/mol. The number of nitrogens with two attached hydrogens (primary N) is 1. The summed E-state index contributed by atoms with van der Waals surface area (Å²) in [6.07, 6.45) is 5.70. The molecule has 0 radical (unpaired) electrons. The van der Waals surface area contributed by atoms with Crippen molar-refractivity contribution in [2.24, 2.45) is 0 Å². The predicted octanol–water partition coefficient (Wildman–Crippen LogP) is 7.45. The number of ketones is 1. The molecule has 0 unspecified atom stereocenters. The van der Waals surface area contributed by atoms with Crippen LogP contribution in [0.4, 0.5) is 5.82 Å². The summed E-state index contributed by atoms with van der Waals surface area (Å²) in [7, 11) is 0. The number of pyridine rings is 2. The highest BCUT2D eigenvalue weighted by molar-refractivity contribution is 9.10. The Kier molecular flexibility index (Phi) is 10.00. The van der Waals surface area contributed by atoms with Crippen LogP contribution in [0.15, 0.2) is 112 Å². The fourth-order valence-corrected chi connectivity index (χ4v) is 3.96.